The molecule has 0 aliphatic heterocycles. The molecule has 2 N–H and O–H groups in total. The average Bonchev–Trinajstić information content (AvgIpc) is 2.62. The Morgan fingerprint density at radius 3 is 2.69 bits per heavy atom. The molecule has 1 aromatic rings. The molecule has 1 saturated carbocycles. The van der Waals surface area contributed by atoms with Gasteiger partial charge in [0.2, 0.25) is 0 Å². The summed E-state index contributed by atoms with van der Waals surface area (Å²) in [4.78, 5) is 0. The first-order valence-electron chi connectivity index (χ1n) is 6.18. The highest BCUT2D eigenvalue weighted by Gasteiger charge is 2.28. The second kappa shape index (κ2) is 5.02. The molecule has 2 rings (SSSR count). The fraction of sp³-hybridized carbons (Fsp3) is 0.692. The largest absolute Gasteiger partial charge is 0.464 e. The lowest BCUT2D eigenvalue weighted by atomic mass is 9.95. The number of hydrogen-bond acceptors (Lipinski definition) is 3. The Balaban J connectivity index is 2.06. The number of nitrogens with two attached hydrogens (primary N) is 1. The lowest BCUT2D eigenvalue weighted by Gasteiger charge is -2.32. The zero-order chi connectivity index (χ0) is 11.5. The third-order valence-corrected chi connectivity index (χ3v) is 3.29. The van der Waals surface area contributed by atoms with Crippen molar-refractivity contribution in [2.45, 2.75) is 57.8 Å². The first-order valence-corrected chi connectivity index (χ1v) is 6.18. The van der Waals surface area contributed by atoms with E-state index in [9.17, 15) is 0 Å². The van der Waals surface area contributed by atoms with Crippen molar-refractivity contribution in [1.29, 1.82) is 0 Å². The molecule has 3 heteroatoms. The van der Waals surface area contributed by atoms with Gasteiger partial charge in [-0.3, -0.25) is 0 Å². The van der Waals surface area contributed by atoms with Crippen LogP contribution in [0, 0.1) is 6.92 Å². The van der Waals surface area contributed by atoms with Crippen molar-refractivity contribution >= 4 is 0 Å². The van der Waals surface area contributed by atoms with Gasteiger partial charge in [0.25, 0.3) is 0 Å². The number of furan rings is 1. The minimum atomic E-state index is -0.0796. The van der Waals surface area contributed by atoms with E-state index in [1.807, 2.05) is 19.1 Å². The van der Waals surface area contributed by atoms with Crippen LogP contribution in [0.4, 0.5) is 0 Å². The van der Waals surface area contributed by atoms with Crippen LogP contribution >= 0.6 is 0 Å². The summed E-state index contributed by atoms with van der Waals surface area (Å²) in [6, 6.07) is 3.97. The van der Waals surface area contributed by atoms with E-state index in [4.69, 9.17) is 14.9 Å². The van der Waals surface area contributed by atoms with Gasteiger partial charge in [-0.2, -0.15) is 0 Å². The topological polar surface area (TPSA) is 48.4 Å². The SMILES string of the molecule is CCC(N)C(OC1CCC1)c1ccc(C)o1. The van der Waals surface area contributed by atoms with Gasteiger partial charge in [0.15, 0.2) is 0 Å². The molecular formula is C13H21NO2. The predicted molar refractivity (Wildman–Crippen MR) is 63.2 cm³/mol. The van der Waals surface area contributed by atoms with Crippen LogP contribution in [0.15, 0.2) is 16.5 Å². The van der Waals surface area contributed by atoms with Crippen LogP contribution in [0.25, 0.3) is 0 Å². The zero-order valence-electron chi connectivity index (χ0n) is 10.1. The Hall–Kier alpha value is -0.800. The summed E-state index contributed by atoms with van der Waals surface area (Å²) in [6.45, 7) is 4.03. The molecule has 16 heavy (non-hydrogen) atoms. The van der Waals surface area contributed by atoms with Gasteiger partial charge in [0, 0.05) is 6.04 Å². The lowest BCUT2D eigenvalue weighted by Crippen LogP contribution is -2.34. The van der Waals surface area contributed by atoms with Gasteiger partial charge in [0.1, 0.15) is 17.6 Å². The van der Waals surface area contributed by atoms with E-state index >= 15 is 0 Å². The van der Waals surface area contributed by atoms with Crippen LogP contribution in [0.5, 0.6) is 0 Å². The monoisotopic (exact) mass is 223 g/mol. The van der Waals surface area contributed by atoms with Gasteiger partial charge in [-0.15, -0.1) is 0 Å². The summed E-state index contributed by atoms with van der Waals surface area (Å²) >= 11 is 0. The summed E-state index contributed by atoms with van der Waals surface area (Å²) in [5.41, 5.74) is 6.10. The number of ether oxygens (including phenoxy) is 1. The van der Waals surface area contributed by atoms with Crippen molar-refractivity contribution in [1.82, 2.24) is 0 Å². The summed E-state index contributed by atoms with van der Waals surface area (Å²) in [7, 11) is 0. The van der Waals surface area contributed by atoms with Crippen LogP contribution in [0.1, 0.15) is 50.2 Å². The van der Waals surface area contributed by atoms with E-state index in [2.05, 4.69) is 6.92 Å². The highest BCUT2D eigenvalue weighted by molar-refractivity contribution is 5.10. The fourth-order valence-corrected chi connectivity index (χ4v) is 1.91. The van der Waals surface area contributed by atoms with Gasteiger partial charge >= 0.3 is 0 Å². The van der Waals surface area contributed by atoms with Crippen LogP contribution in [0.3, 0.4) is 0 Å². The van der Waals surface area contributed by atoms with E-state index in [1.54, 1.807) is 0 Å². The second-order valence-corrected chi connectivity index (χ2v) is 4.63. The van der Waals surface area contributed by atoms with E-state index in [1.165, 1.54) is 6.42 Å². The van der Waals surface area contributed by atoms with Gasteiger partial charge in [-0.05, 0) is 44.7 Å². The smallest absolute Gasteiger partial charge is 0.134 e. The standard InChI is InChI=1S/C13H21NO2/c1-3-11(14)13(16-10-5-4-6-10)12-8-7-9(2)15-12/h7-8,10-11,13H,3-6,14H2,1-2H3. The fourth-order valence-electron chi connectivity index (χ4n) is 1.91. The molecule has 1 aliphatic rings. The van der Waals surface area contributed by atoms with Gasteiger partial charge in [0.05, 0.1) is 6.10 Å². The number of hydrogen-bond donors (Lipinski definition) is 1. The van der Waals surface area contributed by atoms with Crippen LogP contribution in [-0.2, 0) is 4.74 Å². The summed E-state index contributed by atoms with van der Waals surface area (Å²) in [6.07, 6.45) is 4.80. The van der Waals surface area contributed by atoms with Crippen molar-refractivity contribution in [2.24, 2.45) is 5.73 Å². The van der Waals surface area contributed by atoms with E-state index in [0.717, 1.165) is 30.8 Å². The third-order valence-electron chi connectivity index (χ3n) is 3.29. The van der Waals surface area contributed by atoms with Crippen molar-refractivity contribution in [3.63, 3.8) is 0 Å². The molecule has 0 amide bonds. The molecule has 0 saturated heterocycles. The third kappa shape index (κ3) is 2.47. The highest BCUT2D eigenvalue weighted by atomic mass is 16.5. The Labute approximate surface area is 97.0 Å². The van der Waals surface area contributed by atoms with Crippen molar-refractivity contribution in [3.8, 4) is 0 Å². The number of aryl methyl sites for hydroxylation is 1. The maximum absolute atomic E-state index is 6.10. The molecule has 1 heterocycles. The van der Waals surface area contributed by atoms with Crippen LogP contribution < -0.4 is 5.73 Å². The summed E-state index contributed by atoms with van der Waals surface area (Å²) in [5.74, 6) is 1.79. The summed E-state index contributed by atoms with van der Waals surface area (Å²) < 4.78 is 11.7. The minimum Gasteiger partial charge on any atom is -0.464 e. The maximum atomic E-state index is 6.10. The molecule has 0 radical (unpaired) electrons. The average molecular weight is 223 g/mol. The number of rotatable bonds is 5. The van der Waals surface area contributed by atoms with E-state index in [-0.39, 0.29) is 12.1 Å². The quantitative estimate of drug-likeness (QED) is 0.835. The molecule has 2 atom stereocenters. The molecule has 90 valence electrons. The van der Waals surface area contributed by atoms with Crippen molar-refractivity contribution < 1.29 is 9.15 Å². The Morgan fingerprint density at radius 1 is 1.50 bits per heavy atom. The molecule has 1 fully saturated rings. The first-order chi connectivity index (χ1) is 7.70. The Bertz CT molecular complexity index is 330. The Morgan fingerprint density at radius 2 is 2.25 bits per heavy atom. The first kappa shape index (κ1) is 11.7. The molecule has 3 nitrogen and oxygen atoms in total. The van der Waals surface area contributed by atoms with Gasteiger partial charge < -0.3 is 14.9 Å². The van der Waals surface area contributed by atoms with Gasteiger partial charge in [-0.1, -0.05) is 6.92 Å². The zero-order valence-corrected chi connectivity index (χ0v) is 10.1. The van der Waals surface area contributed by atoms with Crippen LogP contribution in [0.2, 0.25) is 0 Å². The Kier molecular flexibility index (Phi) is 3.66. The van der Waals surface area contributed by atoms with Crippen molar-refractivity contribution in [2.75, 3.05) is 0 Å². The summed E-state index contributed by atoms with van der Waals surface area (Å²) in [5, 5.41) is 0. The second-order valence-electron chi connectivity index (χ2n) is 4.63. The highest BCUT2D eigenvalue weighted by Crippen LogP contribution is 2.31. The van der Waals surface area contributed by atoms with Gasteiger partial charge in [-0.25, -0.2) is 0 Å². The van der Waals surface area contributed by atoms with E-state index in [0.29, 0.717) is 6.10 Å². The minimum absolute atomic E-state index is 0.0196. The van der Waals surface area contributed by atoms with Crippen molar-refractivity contribution in [3.05, 3.63) is 23.7 Å². The molecular weight excluding hydrogens is 202 g/mol. The molecule has 0 spiro atoms. The molecule has 1 aliphatic carbocycles. The molecule has 0 aromatic carbocycles. The predicted octanol–water partition coefficient (Wildman–Crippen LogP) is 2.94. The molecule has 0 bridgehead atoms. The molecule has 1 aromatic heterocycles. The lowest BCUT2D eigenvalue weighted by molar-refractivity contribution is -0.0723. The van der Waals surface area contributed by atoms with Crippen LogP contribution in [-0.4, -0.2) is 12.1 Å². The van der Waals surface area contributed by atoms with E-state index < -0.39 is 0 Å². The molecule has 2 unspecified atom stereocenters. The normalized spacial score (nSPS) is 20.4. The maximum Gasteiger partial charge on any atom is 0.134 e.